The molecule has 2 aliphatic heterocycles. The molecule has 104 valence electrons. The van der Waals surface area contributed by atoms with Crippen LogP contribution in [0.15, 0.2) is 52.3 Å². The molecule has 2 N–H and O–H groups in total. The third-order valence-corrected chi connectivity index (χ3v) is 4.96. The lowest BCUT2D eigenvalue weighted by Gasteiger charge is -2.38. The van der Waals surface area contributed by atoms with E-state index in [1.165, 1.54) is 0 Å². The summed E-state index contributed by atoms with van der Waals surface area (Å²) in [5.74, 6) is 1.12. The van der Waals surface area contributed by atoms with Crippen LogP contribution < -0.4 is 5.73 Å². The van der Waals surface area contributed by atoms with Gasteiger partial charge in [0.1, 0.15) is 5.82 Å². The van der Waals surface area contributed by atoms with Crippen molar-refractivity contribution < 1.29 is 0 Å². The Hall–Kier alpha value is -2.37. The molecule has 5 heteroatoms. The molecule has 1 aromatic carbocycles. The average molecular weight is 294 g/mol. The fourth-order valence-corrected chi connectivity index (χ4v) is 3.93. The number of nitrogens with zero attached hydrogens (tertiary/aromatic N) is 3. The van der Waals surface area contributed by atoms with E-state index in [1.807, 2.05) is 35.2 Å². The number of fused-ring (bicyclic) bond motifs is 1. The lowest BCUT2D eigenvalue weighted by molar-refractivity contribution is 0.419. The van der Waals surface area contributed by atoms with Gasteiger partial charge in [-0.05, 0) is 12.0 Å². The first kappa shape index (κ1) is 13.6. The summed E-state index contributed by atoms with van der Waals surface area (Å²) in [5.41, 5.74) is 8.26. The first-order valence-electron chi connectivity index (χ1n) is 6.77. The van der Waals surface area contributed by atoms with Gasteiger partial charge in [-0.25, -0.2) is 0 Å². The van der Waals surface area contributed by atoms with Crippen molar-refractivity contribution in [3.8, 4) is 12.1 Å². The minimum Gasteiger partial charge on any atom is -0.384 e. The molecule has 0 aliphatic carbocycles. The Balaban J connectivity index is 2.20. The number of rotatable bonds is 1. The van der Waals surface area contributed by atoms with Crippen LogP contribution >= 0.6 is 11.8 Å². The predicted molar refractivity (Wildman–Crippen MR) is 82.4 cm³/mol. The molecule has 1 unspecified atom stereocenters. The molecule has 1 saturated heterocycles. The predicted octanol–water partition coefficient (Wildman–Crippen LogP) is 2.65. The third kappa shape index (κ3) is 2.16. The zero-order chi connectivity index (χ0) is 14.8. The van der Waals surface area contributed by atoms with Crippen LogP contribution in [0, 0.1) is 22.7 Å². The lowest BCUT2D eigenvalue weighted by Crippen LogP contribution is -2.37. The van der Waals surface area contributed by atoms with Crippen molar-refractivity contribution in [1.29, 1.82) is 10.5 Å². The molecule has 0 amide bonds. The standard InChI is InChI=1S/C16H14N4S/c17-9-12-14(11-5-2-1-3-6-11)13(10-18)16-20(15(12)19)7-4-8-21-16/h1-3,5-6,14H,4,7-8,19H2. The molecule has 0 aromatic heterocycles. The van der Waals surface area contributed by atoms with Crippen LogP contribution in [0.4, 0.5) is 0 Å². The quantitative estimate of drug-likeness (QED) is 0.861. The van der Waals surface area contributed by atoms with Crippen LogP contribution in [0.5, 0.6) is 0 Å². The second kappa shape index (κ2) is 5.55. The summed E-state index contributed by atoms with van der Waals surface area (Å²) in [7, 11) is 0. The molecule has 0 radical (unpaired) electrons. The molecule has 0 bridgehead atoms. The zero-order valence-electron chi connectivity index (χ0n) is 11.4. The average Bonchev–Trinajstić information content (AvgIpc) is 2.55. The SMILES string of the molecule is N#CC1=C(N)N2CCCSC2=C(C#N)C1c1ccccc1. The highest BCUT2D eigenvalue weighted by molar-refractivity contribution is 8.03. The first-order chi connectivity index (χ1) is 10.3. The Morgan fingerprint density at radius 2 is 1.86 bits per heavy atom. The molecule has 1 atom stereocenters. The molecule has 3 rings (SSSR count). The van der Waals surface area contributed by atoms with E-state index >= 15 is 0 Å². The van der Waals surface area contributed by atoms with Crippen molar-refractivity contribution in [2.45, 2.75) is 12.3 Å². The Bertz CT molecular complexity index is 706. The largest absolute Gasteiger partial charge is 0.384 e. The van der Waals surface area contributed by atoms with E-state index in [0.29, 0.717) is 17.0 Å². The second-order valence-corrected chi connectivity index (χ2v) is 6.02. The van der Waals surface area contributed by atoms with Crippen molar-refractivity contribution in [3.63, 3.8) is 0 Å². The van der Waals surface area contributed by atoms with E-state index in [1.54, 1.807) is 11.8 Å². The fraction of sp³-hybridized carbons (Fsp3) is 0.250. The Morgan fingerprint density at radius 1 is 1.14 bits per heavy atom. The monoisotopic (exact) mass is 294 g/mol. The molecule has 2 heterocycles. The van der Waals surface area contributed by atoms with E-state index in [-0.39, 0.29) is 5.92 Å². The van der Waals surface area contributed by atoms with Gasteiger partial charge < -0.3 is 10.6 Å². The minimum atomic E-state index is -0.349. The summed E-state index contributed by atoms with van der Waals surface area (Å²) < 4.78 is 0. The molecule has 0 spiro atoms. The van der Waals surface area contributed by atoms with Gasteiger partial charge in [0, 0.05) is 12.3 Å². The van der Waals surface area contributed by atoms with Gasteiger partial charge in [-0.1, -0.05) is 30.3 Å². The van der Waals surface area contributed by atoms with Crippen LogP contribution in [-0.2, 0) is 0 Å². The second-order valence-electron chi connectivity index (χ2n) is 4.94. The van der Waals surface area contributed by atoms with E-state index in [2.05, 4.69) is 12.1 Å². The number of allylic oxidation sites excluding steroid dienone is 2. The van der Waals surface area contributed by atoms with Gasteiger partial charge in [-0.15, -0.1) is 11.8 Å². The molecular formula is C16H14N4S. The first-order valence-corrected chi connectivity index (χ1v) is 7.75. The molecule has 2 aliphatic rings. The van der Waals surface area contributed by atoms with Crippen LogP contribution in [0.25, 0.3) is 0 Å². The van der Waals surface area contributed by atoms with Crippen molar-refractivity contribution in [3.05, 3.63) is 57.9 Å². The minimum absolute atomic E-state index is 0.349. The highest BCUT2D eigenvalue weighted by atomic mass is 32.2. The van der Waals surface area contributed by atoms with Gasteiger partial charge in [-0.2, -0.15) is 10.5 Å². The van der Waals surface area contributed by atoms with Crippen LogP contribution in [0.1, 0.15) is 17.9 Å². The number of hydrogen-bond donors (Lipinski definition) is 1. The van der Waals surface area contributed by atoms with Gasteiger partial charge in [0.2, 0.25) is 0 Å². The molecule has 1 aromatic rings. The Morgan fingerprint density at radius 3 is 2.52 bits per heavy atom. The summed E-state index contributed by atoms with van der Waals surface area (Å²) in [5, 5.41) is 20.1. The number of thioether (sulfide) groups is 1. The Kier molecular flexibility index (Phi) is 3.60. The zero-order valence-corrected chi connectivity index (χ0v) is 12.2. The summed E-state index contributed by atoms with van der Waals surface area (Å²) >= 11 is 1.65. The van der Waals surface area contributed by atoms with Gasteiger partial charge in [0.15, 0.2) is 0 Å². The maximum absolute atomic E-state index is 9.64. The number of nitriles is 2. The lowest BCUT2D eigenvalue weighted by atomic mass is 9.83. The topological polar surface area (TPSA) is 76.8 Å². The van der Waals surface area contributed by atoms with Crippen LogP contribution in [0.2, 0.25) is 0 Å². The van der Waals surface area contributed by atoms with Gasteiger partial charge in [-0.3, -0.25) is 0 Å². The van der Waals surface area contributed by atoms with Crippen molar-refractivity contribution >= 4 is 11.8 Å². The van der Waals surface area contributed by atoms with Gasteiger partial charge >= 0.3 is 0 Å². The summed E-state index contributed by atoms with van der Waals surface area (Å²) in [6, 6.07) is 14.2. The maximum atomic E-state index is 9.64. The highest BCUT2D eigenvalue weighted by Gasteiger charge is 2.36. The highest BCUT2D eigenvalue weighted by Crippen LogP contribution is 2.45. The molecular weight excluding hydrogens is 280 g/mol. The number of benzene rings is 1. The van der Waals surface area contributed by atoms with Gasteiger partial charge in [0.25, 0.3) is 0 Å². The summed E-state index contributed by atoms with van der Waals surface area (Å²) in [6.45, 7) is 0.770. The van der Waals surface area contributed by atoms with Crippen LogP contribution in [0.3, 0.4) is 0 Å². The van der Waals surface area contributed by atoms with Crippen molar-refractivity contribution in [2.24, 2.45) is 5.73 Å². The summed E-state index contributed by atoms with van der Waals surface area (Å²) in [4.78, 5) is 1.92. The number of nitrogens with two attached hydrogens (primary N) is 1. The third-order valence-electron chi connectivity index (χ3n) is 3.76. The van der Waals surface area contributed by atoms with E-state index < -0.39 is 0 Å². The van der Waals surface area contributed by atoms with Crippen molar-refractivity contribution in [1.82, 2.24) is 4.90 Å². The Labute approximate surface area is 128 Å². The van der Waals surface area contributed by atoms with E-state index in [0.717, 1.165) is 29.3 Å². The van der Waals surface area contributed by atoms with Crippen LogP contribution in [-0.4, -0.2) is 17.2 Å². The molecule has 1 fully saturated rings. The smallest absolute Gasteiger partial charge is 0.119 e. The molecule has 4 nitrogen and oxygen atoms in total. The fourth-order valence-electron chi connectivity index (χ4n) is 2.80. The van der Waals surface area contributed by atoms with Gasteiger partial charge in [0.05, 0.1) is 34.2 Å². The van der Waals surface area contributed by atoms with Crippen molar-refractivity contribution in [2.75, 3.05) is 12.3 Å². The number of hydrogen-bond acceptors (Lipinski definition) is 5. The van der Waals surface area contributed by atoms with E-state index in [9.17, 15) is 10.5 Å². The van der Waals surface area contributed by atoms with E-state index in [4.69, 9.17) is 5.73 Å². The maximum Gasteiger partial charge on any atom is 0.119 e. The normalized spacial score (nSPS) is 21.6. The molecule has 0 saturated carbocycles. The summed E-state index contributed by atoms with van der Waals surface area (Å²) in [6.07, 6.45) is 1.00. The molecule has 21 heavy (non-hydrogen) atoms.